The first kappa shape index (κ1) is 20.3. The van der Waals surface area contributed by atoms with E-state index in [0.29, 0.717) is 28.9 Å². The number of hydrogen-bond donors (Lipinski definition) is 1. The molecule has 0 fully saturated rings. The SMILES string of the molecule is CCn1nccc1-c1c(-c2ccccc2C#N)nc(N)c2nn(Cc3ncccc3F)cc12. The van der Waals surface area contributed by atoms with Gasteiger partial charge in [0.2, 0.25) is 0 Å². The van der Waals surface area contributed by atoms with Gasteiger partial charge >= 0.3 is 0 Å². The van der Waals surface area contributed by atoms with Gasteiger partial charge in [0, 0.05) is 41.6 Å². The summed E-state index contributed by atoms with van der Waals surface area (Å²) < 4.78 is 17.6. The van der Waals surface area contributed by atoms with Crippen molar-refractivity contribution in [1.82, 2.24) is 29.5 Å². The van der Waals surface area contributed by atoms with Crippen LogP contribution in [0.4, 0.5) is 10.2 Å². The molecule has 0 saturated carbocycles. The number of nitrogens with zero attached hydrogens (tertiary/aromatic N) is 7. The zero-order valence-electron chi connectivity index (χ0n) is 17.8. The molecule has 0 aliphatic carbocycles. The predicted octanol–water partition coefficient (Wildman–Crippen LogP) is 4.02. The number of hydrogen-bond acceptors (Lipinski definition) is 6. The summed E-state index contributed by atoms with van der Waals surface area (Å²) in [6, 6.07) is 14.3. The molecule has 0 bridgehead atoms. The van der Waals surface area contributed by atoms with Crippen molar-refractivity contribution in [2.75, 3.05) is 5.73 Å². The van der Waals surface area contributed by atoms with Crippen molar-refractivity contribution in [3.05, 3.63) is 78.1 Å². The lowest BCUT2D eigenvalue weighted by atomic mass is 9.96. The first-order valence-electron chi connectivity index (χ1n) is 10.4. The zero-order valence-corrected chi connectivity index (χ0v) is 17.8. The van der Waals surface area contributed by atoms with Gasteiger partial charge in [-0.3, -0.25) is 14.3 Å². The summed E-state index contributed by atoms with van der Waals surface area (Å²) in [4.78, 5) is 8.79. The van der Waals surface area contributed by atoms with Crippen molar-refractivity contribution in [3.8, 4) is 28.6 Å². The van der Waals surface area contributed by atoms with Gasteiger partial charge in [-0.2, -0.15) is 15.5 Å². The molecule has 4 aromatic heterocycles. The molecule has 9 heteroatoms. The van der Waals surface area contributed by atoms with Gasteiger partial charge in [-0.1, -0.05) is 18.2 Å². The fourth-order valence-corrected chi connectivity index (χ4v) is 3.96. The monoisotopic (exact) mass is 438 g/mol. The lowest BCUT2D eigenvalue weighted by Crippen LogP contribution is -2.04. The van der Waals surface area contributed by atoms with Gasteiger partial charge in [-0.05, 0) is 31.2 Å². The average molecular weight is 438 g/mol. The number of aromatic nitrogens is 6. The van der Waals surface area contributed by atoms with Crippen LogP contribution in [0.2, 0.25) is 0 Å². The van der Waals surface area contributed by atoms with Crippen LogP contribution in [0, 0.1) is 17.1 Å². The molecule has 1 aromatic carbocycles. The van der Waals surface area contributed by atoms with Crippen molar-refractivity contribution in [2.24, 2.45) is 0 Å². The molecule has 0 atom stereocenters. The quantitative estimate of drug-likeness (QED) is 0.444. The second-order valence-corrected chi connectivity index (χ2v) is 7.43. The number of halogens is 1. The molecule has 0 radical (unpaired) electrons. The highest BCUT2D eigenvalue weighted by molar-refractivity contribution is 6.04. The third kappa shape index (κ3) is 3.47. The van der Waals surface area contributed by atoms with E-state index >= 15 is 0 Å². The maximum absolute atomic E-state index is 14.2. The molecule has 2 N–H and O–H groups in total. The fourth-order valence-electron chi connectivity index (χ4n) is 3.96. The molecule has 0 aliphatic heterocycles. The van der Waals surface area contributed by atoms with Gasteiger partial charge < -0.3 is 5.73 Å². The number of benzene rings is 1. The number of nitriles is 1. The fraction of sp³-hybridized carbons (Fsp3) is 0.125. The molecular weight excluding hydrogens is 419 g/mol. The lowest BCUT2D eigenvalue weighted by Gasteiger charge is -2.14. The molecule has 0 saturated heterocycles. The molecule has 5 rings (SSSR count). The van der Waals surface area contributed by atoms with Gasteiger partial charge in [0.1, 0.15) is 11.3 Å². The molecule has 0 amide bonds. The molecular formula is C24H19FN8. The number of fused-ring (bicyclic) bond motifs is 1. The Morgan fingerprint density at radius 2 is 1.97 bits per heavy atom. The average Bonchev–Trinajstić information content (AvgIpc) is 3.48. The third-order valence-electron chi connectivity index (χ3n) is 5.46. The van der Waals surface area contributed by atoms with Crippen molar-refractivity contribution < 1.29 is 4.39 Å². The van der Waals surface area contributed by atoms with Crippen LogP contribution in [0.25, 0.3) is 33.4 Å². The van der Waals surface area contributed by atoms with E-state index in [0.717, 1.165) is 16.6 Å². The number of anilines is 1. The Morgan fingerprint density at radius 1 is 1.12 bits per heavy atom. The summed E-state index contributed by atoms with van der Waals surface area (Å²) in [7, 11) is 0. The molecule has 33 heavy (non-hydrogen) atoms. The predicted molar refractivity (Wildman–Crippen MR) is 122 cm³/mol. The van der Waals surface area contributed by atoms with Crippen molar-refractivity contribution in [2.45, 2.75) is 20.0 Å². The van der Waals surface area contributed by atoms with Crippen LogP contribution < -0.4 is 5.73 Å². The van der Waals surface area contributed by atoms with E-state index < -0.39 is 5.82 Å². The van der Waals surface area contributed by atoms with Crippen molar-refractivity contribution in [3.63, 3.8) is 0 Å². The first-order chi connectivity index (χ1) is 16.1. The highest BCUT2D eigenvalue weighted by atomic mass is 19.1. The van der Waals surface area contributed by atoms with Crippen LogP contribution in [0.5, 0.6) is 0 Å². The van der Waals surface area contributed by atoms with E-state index in [2.05, 4.69) is 26.2 Å². The van der Waals surface area contributed by atoms with E-state index in [1.807, 2.05) is 36.0 Å². The summed E-state index contributed by atoms with van der Waals surface area (Å²) in [6.45, 7) is 2.77. The number of nitrogen functional groups attached to an aromatic ring is 1. The Balaban J connectivity index is 1.80. The van der Waals surface area contributed by atoms with Crippen LogP contribution in [0.3, 0.4) is 0 Å². The van der Waals surface area contributed by atoms with Crippen LogP contribution in [-0.2, 0) is 13.1 Å². The molecule has 8 nitrogen and oxygen atoms in total. The van der Waals surface area contributed by atoms with Crippen LogP contribution in [0.15, 0.2) is 61.1 Å². The smallest absolute Gasteiger partial charge is 0.152 e. The Kier molecular flexibility index (Phi) is 5.03. The first-order valence-corrected chi connectivity index (χ1v) is 10.4. The lowest BCUT2D eigenvalue weighted by molar-refractivity contribution is 0.572. The van der Waals surface area contributed by atoms with E-state index in [1.165, 1.54) is 6.07 Å². The molecule has 0 aliphatic rings. The van der Waals surface area contributed by atoms with Gasteiger partial charge in [0.15, 0.2) is 5.82 Å². The Hall–Kier alpha value is -4.58. The molecule has 4 heterocycles. The molecule has 0 spiro atoms. The maximum Gasteiger partial charge on any atom is 0.152 e. The standard InChI is InChI=1S/C24H19FN8/c1-2-33-20(9-11-29-33)21-17-13-32(14-19-18(25)8-5-10-28-19)31-23(17)24(27)30-22(21)16-7-4-3-6-15(16)12-26/h3-11,13H,2,14H2,1H3,(H2,27,30). The second kappa shape index (κ2) is 8.16. The summed E-state index contributed by atoms with van der Waals surface area (Å²) in [5.41, 5.74) is 10.4. The van der Waals surface area contributed by atoms with E-state index in [4.69, 9.17) is 5.73 Å². The van der Waals surface area contributed by atoms with E-state index in [9.17, 15) is 9.65 Å². The minimum absolute atomic E-state index is 0.136. The number of aryl methyl sites for hydroxylation is 1. The number of nitrogens with two attached hydrogens (primary N) is 1. The van der Waals surface area contributed by atoms with E-state index in [1.54, 1.807) is 35.3 Å². The molecule has 162 valence electrons. The van der Waals surface area contributed by atoms with Gasteiger partial charge in [0.05, 0.1) is 35.3 Å². The molecule has 5 aromatic rings. The summed E-state index contributed by atoms with van der Waals surface area (Å²) in [5.74, 6) is -0.185. The van der Waals surface area contributed by atoms with Gasteiger partial charge in [0.25, 0.3) is 0 Å². The Labute approximate surface area is 188 Å². The van der Waals surface area contributed by atoms with Crippen molar-refractivity contribution >= 4 is 16.7 Å². The minimum Gasteiger partial charge on any atom is -0.382 e. The normalized spacial score (nSPS) is 11.1. The van der Waals surface area contributed by atoms with Crippen LogP contribution in [0.1, 0.15) is 18.2 Å². The summed E-state index contributed by atoms with van der Waals surface area (Å²) >= 11 is 0. The Morgan fingerprint density at radius 3 is 2.76 bits per heavy atom. The number of rotatable bonds is 5. The van der Waals surface area contributed by atoms with Gasteiger partial charge in [-0.25, -0.2) is 9.37 Å². The largest absolute Gasteiger partial charge is 0.382 e. The molecule has 0 unspecified atom stereocenters. The summed E-state index contributed by atoms with van der Waals surface area (Å²) in [5, 5.41) is 19.4. The highest BCUT2D eigenvalue weighted by Gasteiger charge is 2.23. The minimum atomic E-state index is -0.406. The Bertz CT molecular complexity index is 1530. The van der Waals surface area contributed by atoms with E-state index in [-0.39, 0.29) is 18.1 Å². The second-order valence-electron chi connectivity index (χ2n) is 7.43. The third-order valence-corrected chi connectivity index (χ3v) is 5.46. The van der Waals surface area contributed by atoms with Crippen molar-refractivity contribution in [1.29, 1.82) is 5.26 Å². The topological polar surface area (TPSA) is 111 Å². The van der Waals surface area contributed by atoms with Crippen LogP contribution >= 0.6 is 0 Å². The summed E-state index contributed by atoms with van der Waals surface area (Å²) in [6.07, 6.45) is 5.07. The van der Waals surface area contributed by atoms with Crippen LogP contribution in [-0.4, -0.2) is 29.5 Å². The zero-order chi connectivity index (χ0) is 22.9. The number of pyridine rings is 2. The maximum atomic E-state index is 14.2. The highest BCUT2D eigenvalue weighted by Crippen LogP contribution is 2.39. The van der Waals surface area contributed by atoms with Gasteiger partial charge in [-0.15, -0.1) is 0 Å².